The van der Waals surface area contributed by atoms with Gasteiger partial charge in [0, 0.05) is 29.7 Å². The van der Waals surface area contributed by atoms with Crippen LogP contribution in [0.2, 0.25) is 0 Å². The summed E-state index contributed by atoms with van der Waals surface area (Å²) in [5.41, 5.74) is 0.703. The maximum Gasteiger partial charge on any atom is 0.246 e. The average Bonchev–Trinajstić information content (AvgIpc) is 2.61. The highest BCUT2D eigenvalue weighted by Gasteiger charge is 2.34. The number of carbonyl (C=O) groups excluding carboxylic acids is 2. The van der Waals surface area contributed by atoms with E-state index >= 15 is 0 Å². The van der Waals surface area contributed by atoms with E-state index in [0.717, 1.165) is 27.9 Å². The van der Waals surface area contributed by atoms with E-state index in [1.54, 1.807) is 12.2 Å². The molecule has 10 heteroatoms. The third-order valence-electron chi connectivity index (χ3n) is 4.93. The van der Waals surface area contributed by atoms with Crippen molar-refractivity contribution < 1.29 is 18.0 Å². The Labute approximate surface area is 174 Å². The summed E-state index contributed by atoms with van der Waals surface area (Å²) < 4.78 is 25.0. The molecule has 0 saturated carbocycles. The Kier molecular flexibility index (Phi) is 7.52. The van der Waals surface area contributed by atoms with Gasteiger partial charge in [-0.1, -0.05) is 22.9 Å². The largest absolute Gasteiger partial charge is 0.330 e. The van der Waals surface area contributed by atoms with Gasteiger partial charge in [0.25, 0.3) is 0 Å². The highest BCUT2D eigenvalue weighted by atomic mass is 79.9. The molecule has 152 valence electrons. The van der Waals surface area contributed by atoms with Crippen LogP contribution in [0, 0.1) is 5.92 Å². The summed E-state index contributed by atoms with van der Waals surface area (Å²) >= 11 is 9.72. The Morgan fingerprint density at radius 1 is 1.37 bits per heavy atom. The van der Waals surface area contributed by atoms with Crippen molar-refractivity contribution in [1.82, 2.24) is 14.5 Å². The summed E-state index contributed by atoms with van der Waals surface area (Å²) in [4.78, 5) is 26.9. The van der Waals surface area contributed by atoms with Gasteiger partial charge in [0.1, 0.15) is 6.04 Å². The van der Waals surface area contributed by atoms with E-state index in [-0.39, 0.29) is 29.7 Å². The quantitative estimate of drug-likeness (QED) is 0.605. The van der Waals surface area contributed by atoms with Crippen molar-refractivity contribution in [2.45, 2.75) is 37.6 Å². The number of sulfonamides is 1. The number of hydrogen-bond donors (Lipinski definition) is 1. The molecule has 2 amide bonds. The number of amides is 2. The molecule has 0 aromatic carbocycles. The van der Waals surface area contributed by atoms with Crippen LogP contribution in [-0.4, -0.2) is 67.2 Å². The maximum atomic E-state index is 12.8. The van der Waals surface area contributed by atoms with Crippen LogP contribution in [0.25, 0.3) is 0 Å². The zero-order valence-electron chi connectivity index (χ0n) is 15.6. The molecule has 2 aliphatic rings. The van der Waals surface area contributed by atoms with Crippen molar-refractivity contribution in [3.05, 3.63) is 22.3 Å². The first-order valence-electron chi connectivity index (χ1n) is 8.75. The van der Waals surface area contributed by atoms with Crippen LogP contribution < -0.4 is 5.32 Å². The fraction of sp³-hybridized carbons (Fsp3) is 0.647. The molecule has 1 heterocycles. The number of hydrogen-bond acceptors (Lipinski definition) is 4. The standard InChI is InChI=1S/C17H25BrClN3O4S/c1-11-13(8-7-12(18)16(11)19)20-17(24)14-6-4-5-9-22(14)15(23)10-21(2)27(3,25)26/h7-8,11,14,16H,4-6,9-10H2,1-3H3,(H,20,24). The first kappa shape index (κ1) is 22.4. The van der Waals surface area contributed by atoms with Crippen molar-refractivity contribution in [1.29, 1.82) is 0 Å². The van der Waals surface area contributed by atoms with Gasteiger partial charge in [0.15, 0.2) is 0 Å². The number of carbonyl (C=O) groups is 2. The van der Waals surface area contributed by atoms with Gasteiger partial charge in [-0.25, -0.2) is 8.42 Å². The number of piperidine rings is 1. The summed E-state index contributed by atoms with van der Waals surface area (Å²) in [6.07, 6.45) is 6.83. The highest BCUT2D eigenvalue weighted by Crippen LogP contribution is 2.32. The number of likely N-dealkylation sites (N-methyl/N-ethyl adjacent to an activating group) is 1. The number of nitrogens with one attached hydrogen (secondary N) is 1. The molecule has 1 N–H and O–H groups in total. The molecule has 1 fully saturated rings. The second-order valence-electron chi connectivity index (χ2n) is 6.97. The summed E-state index contributed by atoms with van der Waals surface area (Å²) in [7, 11) is -2.11. The predicted octanol–water partition coefficient (Wildman–Crippen LogP) is 1.79. The smallest absolute Gasteiger partial charge is 0.246 e. The first-order valence-corrected chi connectivity index (χ1v) is 11.8. The summed E-state index contributed by atoms with van der Waals surface area (Å²) in [5, 5.41) is 2.64. The van der Waals surface area contributed by atoms with Crippen molar-refractivity contribution >= 4 is 49.4 Å². The van der Waals surface area contributed by atoms with Crippen molar-refractivity contribution in [2.75, 3.05) is 26.4 Å². The van der Waals surface area contributed by atoms with E-state index in [2.05, 4.69) is 21.2 Å². The van der Waals surface area contributed by atoms with Gasteiger partial charge in [0.2, 0.25) is 21.8 Å². The average molecular weight is 483 g/mol. The number of nitrogens with zero attached hydrogens (tertiary/aromatic N) is 2. The van der Waals surface area contributed by atoms with Crippen LogP contribution in [0.1, 0.15) is 26.2 Å². The van der Waals surface area contributed by atoms with Crippen LogP contribution in [0.3, 0.4) is 0 Å². The molecular weight excluding hydrogens is 458 g/mol. The van der Waals surface area contributed by atoms with Crippen molar-refractivity contribution in [3.63, 3.8) is 0 Å². The molecular formula is C17H25BrClN3O4S. The van der Waals surface area contributed by atoms with Gasteiger partial charge in [-0.2, -0.15) is 4.31 Å². The third kappa shape index (κ3) is 5.56. The van der Waals surface area contributed by atoms with E-state index in [1.807, 2.05) is 6.92 Å². The molecule has 3 atom stereocenters. The second-order valence-corrected chi connectivity index (χ2v) is 10.4. The molecule has 1 aliphatic carbocycles. The second kappa shape index (κ2) is 9.07. The lowest BCUT2D eigenvalue weighted by Crippen LogP contribution is -2.54. The molecule has 1 saturated heterocycles. The van der Waals surface area contributed by atoms with Crippen LogP contribution >= 0.6 is 27.5 Å². The lowest BCUT2D eigenvalue weighted by atomic mass is 9.96. The number of alkyl halides is 1. The van der Waals surface area contributed by atoms with E-state index < -0.39 is 16.1 Å². The van der Waals surface area contributed by atoms with E-state index in [0.29, 0.717) is 18.7 Å². The van der Waals surface area contributed by atoms with Gasteiger partial charge >= 0.3 is 0 Å². The molecule has 1 aliphatic heterocycles. The lowest BCUT2D eigenvalue weighted by Gasteiger charge is -2.36. The molecule has 3 unspecified atom stereocenters. The summed E-state index contributed by atoms with van der Waals surface area (Å²) in [6.45, 7) is 2.08. The van der Waals surface area contributed by atoms with Gasteiger partial charge in [-0.15, -0.1) is 11.6 Å². The molecule has 0 bridgehead atoms. The Morgan fingerprint density at radius 3 is 2.67 bits per heavy atom. The normalized spacial score (nSPS) is 26.4. The van der Waals surface area contributed by atoms with E-state index in [9.17, 15) is 18.0 Å². The molecule has 7 nitrogen and oxygen atoms in total. The van der Waals surface area contributed by atoms with Gasteiger partial charge in [0.05, 0.1) is 18.2 Å². The molecule has 0 spiro atoms. The summed E-state index contributed by atoms with van der Waals surface area (Å²) in [5.74, 6) is -0.719. The fourth-order valence-corrected chi connectivity index (χ4v) is 4.17. The molecule has 2 rings (SSSR count). The Morgan fingerprint density at radius 2 is 2.04 bits per heavy atom. The van der Waals surface area contributed by atoms with Gasteiger partial charge in [-0.05, 0) is 31.4 Å². The van der Waals surface area contributed by atoms with Crippen molar-refractivity contribution in [2.24, 2.45) is 5.92 Å². The minimum absolute atomic E-state index is 0.0842. The number of likely N-dealkylation sites (tertiary alicyclic amines) is 1. The summed E-state index contributed by atoms with van der Waals surface area (Å²) in [6, 6.07) is -0.615. The molecule has 0 aromatic heterocycles. The minimum atomic E-state index is -3.47. The zero-order valence-corrected chi connectivity index (χ0v) is 18.8. The molecule has 0 aromatic rings. The van der Waals surface area contributed by atoms with Crippen LogP contribution in [0.4, 0.5) is 0 Å². The predicted molar refractivity (Wildman–Crippen MR) is 109 cm³/mol. The topological polar surface area (TPSA) is 86.8 Å². The Bertz CT molecular complexity index is 768. The lowest BCUT2D eigenvalue weighted by molar-refractivity contribution is -0.142. The number of allylic oxidation sites excluding steroid dienone is 4. The maximum absolute atomic E-state index is 12.8. The number of halogens is 2. The van der Waals surface area contributed by atoms with Gasteiger partial charge in [-0.3, -0.25) is 9.59 Å². The highest BCUT2D eigenvalue weighted by molar-refractivity contribution is 9.11. The number of rotatable bonds is 5. The van der Waals surface area contributed by atoms with Gasteiger partial charge < -0.3 is 10.2 Å². The third-order valence-corrected chi connectivity index (χ3v) is 7.83. The molecule has 0 radical (unpaired) electrons. The van der Waals surface area contributed by atoms with Crippen molar-refractivity contribution in [3.8, 4) is 0 Å². The van der Waals surface area contributed by atoms with E-state index in [1.165, 1.54) is 11.9 Å². The monoisotopic (exact) mass is 481 g/mol. The molecule has 27 heavy (non-hydrogen) atoms. The SMILES string of the molecule is CC1C(NC(=O)C2CCCCN2C(=O)CN(C)S(C)(=O)=O)=CC=C(Br)C1Cl. The minimum Gasteiger partial charge on any atom is -0.330 e. The Balaban J connectivity index is 2.10. The Hall–Kier alpha value is -0.900. The van der Waals surface area contributed by atoms with Crippen LogP contribution in [-0.2, 0) is 19.6 Å². The zero-order chi connectivity index (χ0) is 20.4. The van der Waals surface area contributed by atoms with Crippen LogP contribution in [0.5, 0.6) is 0 Å². The fourth-order valence-electron chi connectivity index (χ4n) is 3.09. The first-order chi connectivity index (χ1) is 12.5. The van der Waals surface area contributed by atoms with Crippen LogP contribution in [0.15, 0.2) is 22.3 Å². The van der Waals surface area contributed by atoms with E-state index in [4.69, 9.17) is 11.6 Å².